The molecule has 0 N–H and O–H groups in total. The Kier molecular flexibility index (Phi) is 5.38. The van der Waals surface area contributed by atoms with Crippen LogP contribution in [-0.4, -0.2) is 0 Å². The molecule has 0 aliphatic heterocycles. The van der Waals surface area contributed by atoms with Crippen molar-refractivity contribution in [2.45, 2.75) is 6.16 Å². The van der Waals surface area contributed by atoms with Crippen LogP contribution in [0.4, 0.5) is 8.78 Å². The molecule has 0 nitrogen and oxygen atoms in total. The topological polar surface area (TPSA) is 0 Å². The summed E-state index contributed by atoms with van der Waals surface area (Å²) in [6.07, 6.45) is 0.457. The van der Waals surface area contributed by atoms with Gasteiger partial charge in [0, 0.05) is 0 Å². The van der Waals surface area contributed by atoms with E-state index in [0.29, 0.717) is 11.7 Å². The second-order valence-electron chi connectivity index (χ2n) is 7.13. The van der Waals surface area contributed by atoms with E-state index in [1.54, 1.807) is 0 Å². The SMILES string of the molecule is Fc1cc(F)cc(CP(Br)(c2ccccc2)(c2ccccc2)c2ccccc2)c1. The molecule has 0 radical (unpaired) electrons. The summed E-state index contributed by atoms with van der Waals surface area (Å²) < 4.78 is 28.2. The van der Waals surface area contributed by atoms with Crippen LogP contribution in [0.3, 0.4) is 0 Å². The van der Waals surface area contributed by atoms with Gasteiger partial charge in [0.2, 0.25) is 0 Å². The van der Waals surface area contributed by atoms with Crippen LogP contribution in [0.2, 0.25) is 0 Å². The molecule has 0 amide bonds. The predicted octanol–water partition coefficient (Wildman–Crippen LogP) is 6.30. The van der Waals surface area contributed by atoms with Gasteiger partial charge in [-0.2, -0.15) is 0 Å². The zero-order valence-corrected chi connectivity index (χ0v) is 18.2. The van der Waals surface area contributed by atoms with E-state index in [9.17, 15) is 8.78 Å². The van der Waals surface area contributed by atoms with E-state index in [-0.39, 0.29) is 0 Å². The van der Waals surface area contributed by atoms with Crippen LogP contribution >= 0.6 is 20.8 Å². The van der Waals surface area contributed by atoms with Crippen LogP contribution in [0.1, 0.15) is 5.56 Å². The van der Waals surface area contributed by atoms with E-state index in [0.717, 1.165) is 22.0 Å². The maximum absolute atomic E-state index is 14.1. The second-order valence-corrected chi connectivity index (χ2v) is 16.1. The summed E-state index contributed by atoms with van der Waals surface area (Å²) in [5.41, 5.74) is 0.619. The molecule has 4 aromatic rings. The van der Waals surface area contributed by atoms with Crippen molar-refractivity contribution in [1.82, 2.24) is 0 Å². The maximum atomic E-state index is 14.1. The van der Waals surface area contributed by atoms with Crippen LogP contribution < -0.4 is 15.9 Å². The first-order valence-electron chi connectivity index (χ1n) is 9.35. The van der Waals surface area contributed by atoms with Gasteiger partial charge < -0.3 is 0 Å². The summed E-state index contributed by atoms with van der Waals surface area (Å²) in [6, 6.07) is 34.4. The fraction of sp³-hybridized carbons (Fsp3) is 0.0400. The Balaban J connectivity index is 2.09. The van der Waals surface area contributed by atoms with Crippen LogP contribution in [0.15, 0.2) is 109 Å². The third-order valence-electron chi connectivity index (χ3n) is 5.29. The van der Waals surface area contributed by atoms with Gasteiger partial charge >= 0.3 is 178 Å². The summed E-state index contributed by atoms with van der Waals surface area (Å²) in [5, 5.41) is 0.0866. The Morgan fingerprint density at radius 3 is 1.24 bits per heavy atom. The van der Waals surface area contributed by atoms with Gasteiger partial charge in [-0.25, -0.2) is 0 Å². The van der Waals surface area contributed by atoms with E-state index >= 15 is 0 Å². The second kappa shape index (κ2) is 7.82. The van der Waals surface area contributed by atoms with Gasteiger partial charge in [0.15, 0.2) is 0 Å². The number of benzene rings is 4. The molecule has 146 valence electrons. The fourth-order valence-corrected chi connectivity index (χ4v) is 11.7. The van der Waals surface area contributed by atoms with E-state index in [1.165, 1.54) is 12.1 Å². The van der Waals surface area contributed by atoms with E-state index in [4.69, 9.17) is 0 Å². The fourth-order valence-electron chi connectivity index (χ4n) is 3.98. The minimum absolute atomic E-state index is 0.457. The molecule has 0 fully saturated rings. The molecule has 0 spiro atoms. The molecule has 0 saturated heterocycles. The molecule has 29 heavy (non-hydrogen) atoms. The van der Waals surface area contributed by atoms with Gasteiger partial charge in [0.25, 0.3) is 0 Å². The zero-order valence-electron chi connectivity index (χ0n) is 15.7. The molecule has 0 aliphatic carbocycles. The zero-order chi connectivity index (χ0) is 20.3. The molecule has 0 saturated carbocycles. The van der Waals surface area contributed by atoms with E-state index in [1.807, 2.05) is 54.6 Å². The van der Waals surface area contributed by atoms with Crippen molar-refractivity contribution in [3.63, 3.8) is 0 Å². The first-order chi connectivity index (χ1) is 14.0. The Hall–Kier alpha value is -2.35. The Labute approximate surface area is 177 Å². The standard InChI is InChI=1S/C25H20BrF2P/c26-29(23-10-4-1-5-11-23,24-12-6-2-7-13-24,25-14-8-3-9-15-25)19-20-16-21(27)18-22(28)17-20/h1-18H,19H2. The van der Waals surface area contributed by atoms with Gasteiger partial charge in [-0.1, -0.05) is 0 Å². The van der Waals surface area contributed by atoms with Crippen molar-refractivity contribution >= 4 is 36.7 Å². The molecular formula is C25H20BrF2P. The van der Waals surface area contributed by atoms with E-state index in [2.05, 4.69) is 51.9 Å². The average molecular weight is 469 g/mol. The number of halogens is 3. The molecule has 0 atom stereocenters. The summed E-state index contributed by atoms with van der Waals surface area (Å²) in [7, 11) is 0. The molecule has 4 heteroatoms. The van der Waals surface area contributed by atoms with Gasteiger partial charge in [-0.3, -0.25) is 0 Å². The van der Waals surface area contributed by atoms with Gasteiger partial charge in [-0.05, 0) is 0 Å². The van der Waals surface area contributed by atoms with Crippen molar-refractivity contribution in [3.8, 4) is 0 Å². The third kappa shape index (κ3) is 3.54. The summed E-state index contributed by atoms with van der Waals surface area (Å²) >= 11 is 4.29. The molecule has 4 aromatic carbocycles. The van der Waals surface area contributed by atoms with Crippen LogP contribution in [0.25, 0.3) is 0 Å². The normalized spacial score (nSPS) is 12.9. The van der Waals surface area contributed by atoms with Crippen molar-refractivity contribution in [2.75, 3.05) is 0 Å². The molecule has 4 rings (SSSR count). The van der Waals surface area contributed by atoms with Gasteiger partial charge in [0.1, 0.15) is 0 Å². The molecule has 0 aliphatic rings. The summed E-state index contributed by atoms with van der Waals surface area (Å²) in [6.45, 7) is 0. The van der Waals surface area contributed by atoms with Crippen molar-refractivity contribution in [1.29, 1.82) is 0 Å². The minimum atomic E-state index is -3.25. The average Bonchev–Trinajstić information content (AvgIpc) is 2.75. The third-order valence-corrected chi connectivity index (χ3v) is 14.8. The van der Waals surface area contributed by atoms with Crippen molar-refractivity contribution in [3.05, 3.63) is 126 Å². The Bertz CT molecular complexity index is 996. The molecule has 0 aromatic heterocycles. The number of hydrogen-bond acceptors (Lipinski definition) is 0. The van der Waals surface area contributed by atoms with Crippen LogP contribution in [-0.2, 0) is 6.16 Å². The molecule has 0 unspecified atom stereocenters. The quantitative estimate of drug-likeness (QED) is 0.301. The van der Waals surface area contributed by atoms with Gasteiger partial charge in [0.05, 0.1) is 0 Å². The monoisotopic (exact) mass is 468 g/mol. The van der Waals surface area contributed by atoms with E-state index < -0.39 is 16.9 Å². The summed E-state index contributed by atoms with van der Waals surface area (Å²) in [4.78, 5) is 0. The Morgan fingerprint density at radius 1 is 0.552 bits per heavy atom. The first-order valence-corrected chi connectivity index (χ1v) is 13.8. The first kappa shape index (κ1) is 19.9. The van der Waals surface area contributed by atoms with Crippen molar-refractivity contribution < 1.29 is 8.78 Å². The van der Waals surface area contributed by atoms with Crippen molar-refractivity contribution in [2.24, 2.45) is 0 Å². The molecular weight excluding hydrogens is 449 g/mol. The van der Waals surface area contributed by atoms with Crippen LogP contribution in [0.5, 0.6) is 0 Å². The summed E-state index contributed by atoms with van der Waals surface area (Å²) in [5.74, 6) is -1.13. The number of rotatable bonds is 5. The van der Waals surface area contributed by atoms with Gasteiger partial charge in [-0.15, -0.1) is 0 Å². The number of hydrogen-bond donors (Lipinski definition) is 0. The molecule has 0 heterocycles. The molecule has 0 bridgehead atoms. The predicted molar refractivity (Wildman–Crippen MR) is 124 cm³/mol. The Morgan fingerprint density at radius 2 is 0.897 bits per heavy atom. The van der Waals surface area contributed by atoms with Crippen LogP contribution in [0, 0.1) is 11.6 Å².